The van der Waals surface area contributed by atoms with Crippen LogP contribution in [0.1, 0.15) is 78.0 Å². The fourth-order valence-corrected chi connectivity index (χ4v) is 12.2. The first-order valence-corrected chi connectivity index (χ1v) is 23.4. The van der Waals surface area contributed by atoms with Crippen molar-refractivity contribution in [3.63, 3.8) is 0 Å². The van der Waals surface area contributed by atoms with Gasteiger partial charge in [-0.05, 0) is 122 Å². The van der Waals surface area contributed by atoms with E-state index in [1.54, 1.807) is 0 Å². The summed E-state index contributed by atoms with van der Waals surface area (Å²) in [6.07, 6.45) is 2.26. The quantitative estimate of drug-likeness (QED) is 0.163. The summed E-state index contributed by atoms with van der Waals surface area (Å²) in [5.74, 6) is 0. The average molecular weight is 841 g/mol. The lowest BCUT2D eigenvalue weighted by molar-refractivity contribution is 0.332. The summed E-state index contributed by atoms with van der Waals surface area (Å²) in [6, 6.07) is 54.5. The first kappa shape index (κ1) is 37.4. The molecule has 0 saturated carbocycles. The van der Waals surface area contributed by atoms with Crippen molar-refractivity contribution in [2.45, 2.75) is 77.6 Å². The molecule has 0 N–H and O–H groups in total. The summed E-state index contributed by atoms with van der Waals surface area (Å²) in [7, 11) is 0. The molecule has 14 rings (SSSR count). The van der Waals surface area contributed by atoms with Gasteiger partial charge >= 0.3 is 6.85 Å². The first-order valence-electron chi connectivity index (χ1n) is 23.4. The Morgan fingerprint density at radius 1 is 0.538 bits per heavy atom. The number of fused-ring (bicyclic) bond motifs is 15. The molecule has 0 saturated heterocycles. The van der Waals surface area contributed by atoms with Crippen LogP contribution in [0.2, 0.25) is 0 Å². The number of aromatic nitrogens is 1. The molecule has 5 heteroatoms. The normalized spacial score (nSPS) is 16.0. The predicted octanol–water partition coefficient (Wildman–Crippen LogP) is 15.3. The number of anilines is 3. The molecule has 0 unspecified atom stereocenters. The number of rotatable bonds is 2. The number of benzene rings is 8. The lowest BCUT2D eigenvalue weighted by Crippen LogP contribution is -2.56. The zero-order valence-corrected chi connectivity index (χ0v) is 38.1. The van der Waals surface area contributed by atoms with E-state index < -0.39 is 0 Å². The van der Waals surface area contributed by atoms with Gasteiger partial charge in [-0.2, -0.15) is 0 Å². The van der Waals surface area contributed by atoms with Crippen LogP contribution in [0.3, 0.4) is 0 Å². The molecule has 1 aliphatic carbocycles. The number of para-hydroxylation sites is 2. The summed E-state index contributed by atoms with van der Waals surface area (Å²) < 4.78 is 17.6. The number of furan rings is 2. The molecule has 0 fully saturated rings. The average Bonchev–Trinajstić information content (AvgIpc) is 3.98. The van der Waals surface area contributed by atoms with E-state index >= 15 is 0 Å². The van der Waals surface area contributed by atoms with Gasteiger partial charge in [0.05, 0.1) is 17.1 Å². The highest BCUT2D eigenvalue weighted by Gasteiger charge is 2.49. The van der Waals surface area contributed by atoms with E-state index in [0.29, 0.717) is 0 Å². The second kappa shape index (κ2) is 12.4. The van der Waals surface area contributed by atoms with Gasteiger partial charge in [0.25, 0.3) is 0 Å². The molecule has 2 aliphatic heterocycles. The highest BCUT2D eigenvalue weighted by atomic mass is 16.3. The van der Waals surface area contributed by atoms with E-state index in [0.717, 1.165) is 68.5 Å². The monoisotopic (exact) mass is 840 g/mol. The van der Waals surface area contributed by atoms with Gasteiger partial charge in [0.15, 0.2) is 5.58 Å². The molecule has 5 heterocycles. The Kier molecular flexibility index (Phi) is 7.15. The van der Waals surface area contributed by atoms with Crippen LogP contribution in [0, 0.1) is 0 Å². The summed E-state index contributed by atoms with van der Waals surface area (Å²) in [5.41, 5.74) is 19.5. The van der Waals surface area contributed by atoms with E-state index in [4.69, 9.17) is 8.83 Å². The van der Waals surface area contributed by atoms with Crippen molar-refractivity contribution in [3.05, 3.63) is 162 Å². The lowest BCUT2D eigenvalue weighted by atomic mass is 9.47. The van der Waals surface area contributed by atoms with E-state index in [2.05, 4.69) is 203 Å². The van der Waals surface area contributed by atoms with Crippen LogP contribution in [0.25, 0.3) is 87.7 Å². The third-order valence-corrected chi connectivity index (χ3v) is 15.7. The maximum atomic E-state index is 7.67. The van der Waals surface area contributed by atoms with E-state index in [1.165, 1.54) is 77.0 Å². The minimum atomic E-state index is -0.278. The first-order chi connectivity index (χ1) is 31.4. The second-order valence-electron chi connectivity index (χ2n) is 21.5. The smallest absolute Gasteiger partial charge is 0.376 e. The fraction of sp³-hybridized carbons (Fsp3) is 0.200. The summed E-state index contributed by atoms with van der Waals surface area (Å²) in [5, 5.41) is 8.37. The van der Waals surface area contributed by atoms with Gasteiger partial charge < -0.3 is 18.2 Å². The van der Waals surface area contributed by atoms with E-state index in [1.807, 2.05) is 0 Å². The van der Waals surface area contributed by atoms with Crippen molar-refractivity contribution in [2.24, 2.45) is 0 Å². The highest BCUT2D eigenvalue weighted by Crippen LogP contribution is 2.55. The Morgan fingerprint density at radius 3 is 2.03 bits per heavy atom. The maximum Gasteiger partial charge on any atom is 0.376 e. The predicted molar refractivity (Wildman–Crippen MR) is 274 cm³/mol. The second-order valence-corrected chi connectivity index (χ2v) is 21.5. The van der Waals surface area contributed by atoms with Gasteiger partial charge in [0.2, 0.25) is 0 Å². The molecule has 0 radical (unpaired) electrons. The molecule has 0 spiro atoms. The molecule has 314 valence electrons. The Bertz CT molecular complexity index is 3890. The molecule has 0 bridgehead atoms. The molecule has 11 aromatic rings. The zero-order chi connectivity index (χ0) is 43.9. The van der Waals surface area contributed by atoms with Crippen LogP contribution in [0.4, 0.5) is 17.1 Å². The minimum absolute atomic E-state index is 0.00302. The third kappa shape index (κ3) is 4.94. The summed E-state index contributed by atoms with van der Waals surface area (Å²) in [6.45, 7) is 16.3. The molecule has 8 aromatic carbocycles. The molecule has 3 aliphatic rings. The van der Waals surface area contributed by atoms with Crippen molar-refractivity contribution in [2.75, 3.05) is 4.90 Å². The molecular formula is C60H49BN2O2. The van der Waals surface area contributed by atoms with Crippen LogP contribution in [0.15, 0.2) is 154 Å². The number of nitrogens with zero attached hydrogens (tertiary/aromatic N) is 2. The van der Waals surface area contributed by atoms with Gasteiger partial charge in [-0.15, -0.1) is 0 Å². The SMILES string of the molecule is CC(C)(C)c1ccc(N2c3c(oc4cc5c(cc34)C(C)(C)CCC5(C)C)B3c4c(cc5c(oc6ccccc65)c42)-c2cccc4c5cc6ccccc6cc5n3c24)c(-c2ccccc2)c1. The number of hydrogen-bond donors (Lipinski definition) is 0. The van der Waals surface area contributed by atoms with Crippen LogP contribution in [-0.4, -0.2) is 11.3 Å². The molecule has 4 nitrogen and oxygen atoms in total. The van der Waals surface area contributed by atoms with Gasteiger partial charge in [0.1, 0.15) is 16.8 Å². The van der Waals surface area contributed by atoms with Gasteiger partial charge in [-0.25, -0.2) is 0 Å². The minimum Gasteiger partial charge on any atom is -0.466 e. The van der Waals surface area contributed by atoms with Crippen molar-refractivity contribution >= 4 is 101 Å². The largest absolute Gasteiger partial charge is 0.466 e. The molecular weight excluding hydrogens is 791 g/mol. The van der Waals surface area contributed by atoms with Gasteiger partial charge in [-0.1, -0.05) is 146 Å². The van der Waals surface area contributed by atoms with Crippen molar-refractivity contribution in [1.29, 1.82) is 0 Å². The number of hydrogen-bond acceptors (Lipinski definition) is 3. The van der Waals surface area contributed by atoms with Crippen molar-refractivity contribution in [3.8, 4) is 22.3 Å². The van der Waals surface area contributed by atoms with Crippen LogP contribution < -0.4 is 16.0 Å². The van der Waals surface area contributed by atoms with Gasteiger partial charge in [0, 0.05) is 49.1 Å². The van der Waals surface area contributed by atoms with Crippen molar-refractivity contribution in [1.82, 2.24) is 4.48 Å². The Morgan fingerprint density at radius 2 is 1.25 bits per heavy atom. The van der Waals surface area contributed by atoms with Crippen LogP contribution in [-0.2, 0) is 16.2 Å². The maximum absolute atomic E-state index is 7.67. The Hall–Kier alpha value is -6.98. The van der Waals surface area contributed by atoms with E-state index in [9.17, 15) is 0 Å². The topological polar surface area (TPSA) is 34.5 Å². The van der Waals surface area contributed by atoms with Crippen molar-refractivity contribution < 1.29 is 8.83 Å². The summed E-state index contributed by atoms with van der Waals surface area (Å²) >= 11 is 0. The Balaban J connectivity index is 1.21. The third-order valence-electron chi connectivity index (χ3n) is 15.7. The lowest BCUT2D eigenvalue weighted by Gasteiger charge is -2.42. The molecule has 65 heavy (non-hydrogen) atoms. The van der Waals surface area contributed by atoms with E-state index in [-0.39, 0.29) is 23.1 Å². The standard InChI is InChI=1S/C60H49BN2O2/c1-58(2,3)37-24-25-48(41(30-37)34-16-9-8-10-17-34)62-54-45-32-46-47(60(6,7)27-26-59(46,4)5)33-51(45)65-57(54)61-52-43(31-44-38-20-13-14-23-50(38)64-56(44)55(52)62)40-22-15-21-39-42-28-35-18-11-12-19-36(35)29-49(42)63(61)53(39)40/h8-25,28-33H,26-27H2,1-7H3. The molecule has 0 amide bonds. The summed E-state index contributed by atoms with van der Waals surface area (Å²) in [4.78, 5) is 2.57. The van der Waals surface area contributed by atoms with Crippen LogP contribution >= 0.6 is 0 Å². The fourth-order valence-electron chi connectivity index (χ4n) is 12.2. The van der Waals surface area contributed by atoms with Crippen LogP contribution in [0.5, 0.6) is 0 Å². The molecule has 0 atom stereocenters. The highest BCUT2D eigenvalue weighted by molar-refractivity contribution is 6.90. The Labute approximate surface area is 379 Å². The van der Waals surface area contributed by atoms with Gasteiger partial charge in [-0.3, -0.25) is 0 Å². The zero-order valence-electron chi connectivity index (χ0n) is 38.1. The molecule has 3 aromatic heterocycles.